The van der Waals surface area contributed by atoms with Crippen LogP contribution in [0.3, 0.4) is 0 Å². The molecule has 0 aliphatic carbocycles. The first kappa shape index (κ1) is 18.6. The number of ketones is 1. The van der Waals surface area contributed by atoms with E-state index in [4.69, 9.17) is 0 Å². The van der Waals surface area contributed by atoms with Crippen LogP contribution >= 0.6 is 0 Å². The Kier molecular flexibility index (Phi) is 6.62. The number of aromatic nitrogens is 2. The summed E-state index contributed by atoms with van der Waals surface area (Å²) in [4.78, 5) is 34.4. The number of amides is 1. The molecule has 132 valence electrons. The molecule has 1 amide bonds. The second-order valence-electron chi connectivity index (χ2n) is 5.82. The third-order valence-corrected chi connectivity index (χ3v) is 3.67. The lowest BCUT2D eigenvalue weighted by Gasteiger charge is -2.21. The molecule has 0 saturated heterocycles. The highest BCUT2D eigenvalue weighted by atomic mass is 16.2. The molecule has 0 spiro atoms. The van der Waals surface area contributed by atoms with Gasteiger partial charge < -0.3 is 10.2 Å². The van der Waals surface area contributed by atoms with E-state index in [1.807, 2.05) is 24.8 Å². The molecule has 1 aromatic heterocycles. The Balaban J connectivity index is 2.19. The van der Waals surface area contributed by atoms with E-state index in [9.17, 15) is 9.59 Å². The normalized spacial score (nSPS) is 10.4. The number of Topliss-reactive ketones (excluding diaryl/α,β-unsaturated/α-hetero) is 1. The van der Waals surface area contributed by atoms with Crippen molar-refractivity contribution < 1.29 is 9.59 Å². The molecule has 6 heteroatoms. The van der Waals surface area contributed by atoms with Crippen molar-refractivity contribution in [2.24, 2.45) is 0 Å². The summed E-state index contributed by atoms with van der Waals surface area (Å²) in [5, 5.41) is 3.05. The molecule has 0 saturated carbocycles. The Bertz CT molecular complexity index is 740. The quantitative estimate of drug-likeness (QED) is 0.742. The van der Waals surface area contributed by atoms with E-state index >= 15 is 0 Å². The maximum absolute atomic E-state index is 12.6. The Morgan fingerprint density at radius 3 is 2.48 bits per heavy atom. The number of benzene rings is 1. The van der Waals surface area contributed by atoms with Crippen LogP contribution in [0, 0.1) is 0 Å². The molecule has 2 rings (SSSR count). The summed E-state index contributed by atoms with van der Waals surface area (Å²) in [5.74, 6) is 0.231. The van der Waals surface area contributed by atoms with Gasteiger partial charge in [0.15, 0.2) is 5.78 Å². The number of nitrogens with zero attached hydrogens (tertiary/aromatic N) is 3. The summed E-state index contributed by atoms with van der Waals surface area (Å²) in [5.41, 5.74) is 1.67. The fraction of sp³-hybridized carbons (Fsp3) is 0.368. The fourth-order valence-corrected chi connectivity index (χ4v) is 2.50. The van der Waals surface area contributed by atoms with Crippen molar-refractivity contribution in [2.45, 2.75) is 33.6 Å². The minimum atomic E-state index is -0.0911. The molecule has 0 atom stereocenters. The third-order valence-electron chi connectivity index (χ3n) is 3.67. The molecule has 25 heavy (non-hydrogen) atoms. The van der Waals surface area contributed by atoms with Crippen LogP contribution in [0.2, 0.25) is 0 Å². The molecule has 0 fully saturated rings. The van der Waals surface area contributed by atoms with Gasteiger partial charge in [0.25, 0.3) is 5.91 Å². The number of hydrogen-bond donors (Lipinski definition) is 1. The Morgan fingerprint density at radius 1 is 1.12 bits per heavy atom. The molecule has 0 aliphatic heterocycles. The van der Waals surface area contributed by atoms with Crippen LogP contribution in [0.1, 0.15) is 54.5 Å². The first-order valence-electron chi connectivity index (χ1n) is 8.55. The fourth-order valence-electron chi connectivity index (χ4n) is 2.50. The molecule has 0 bridgehead atoms. The molecule has 1 aromatic carbocycles. The molecule has 6 nitrogen and oxygen atoms in total. The van der Waals surface area contributed by atoms with Crippen molar-refractivity contribution in [1.82, 2.24) is 14.9 Å². The number of anilines is 2. The second kappa shape index (κ2) is 8.92. The first-order chi connectivity index (χ1) is 12.0. The van der Waals surface area contributed by atoms with E-state index in [1.54, 1.807) is 30.5 Å². The maximum atomic E-state index is 12.6. The van der Waals surface area contributed by atoms with Crippen molar-refractivity contribution in [3.05, 3.63) is 47.8 Å². The van der Waals surface area contributed by atoms with Gasteiger partial charge in [-0.15, -0.1) is 0 Å². The summed E-state index contributed by atoms with van der Waals surface area (Å²) >= 11 is 0. The largest absolute Gasteiger partial charge is 0.337 e. The Labute approximate surface area is 148 Å². The second-order valence-corrected chi connectivity index (χ2v) is 5.82. The topological polar surface area (TPSA) is 75.2 Å². The number of carbonyl (C=O) groups is 2. The monoisotopic (exact) mass is 340 g/mol. The average Bonchev–Trinajstić information content (AvgIpc) is 2.61. The Hall–Kier alpha value is -2.76. The maximum Gasteiger partial charge on any atom is 0.272 e. The smallest absolute Gasteiger partial charge is 0.272 e. The van der Waals surface area contributed by atoms with E-state index in [0.717, 1.165) is 12.8 Å². The lowest BCUT2D eigenvalue weighted by Crippen LogP contribution is -2.33. The van der Waals surface area contributed by atoms with Gasteiger partial charge in [-0.25, -0.2) is 9.97 Å². The molecule has 2 aromatic rings. The lowest BCUT2D eigenvalue weighted by molar-refractivity contribution is 0.0749. The zero-order valence-electron chi connectivity index (χ0n) is 15.0. The van der Waals surface area contributed by atoms with Crippen molar-refractivity contribution >= 4 is 23.3 Å². The standard InChI is InChI=1S/C19H24N4O2/c1-4-11-23(12-5-2)18(25)17-9-10-20-19(22-17)21-16-8-6-7-15(13-16)14(3)24/h6-10,13H,4-5,11-12H2,1-3H3,(H,20,21,22). The molecule has 1 N–H and O–H groups in total. The molecule has 0 unspecified atom stereocenters. The van der Waals surface area contributed by atoms with Crippen molar-refractivity contribution in [3.63, 3.8) is 0 Å². The van der Waals surface area contributed by atoms with Gasteiger partial charge in [-0.1, -0.05) is 26.0 Å². The predicted octanol–water partition coefficient (Wildman–Crippen LogP) is 3.69. The van der Waals surface area contributed by atoms with Gasteiger partial charge in [0.05, 0.1) is 0 Å². The van der Waals surface area contributed by atoms with Gasteiger partial charge in [0.1, 0.15) is 5.69 Å². The summed E-state index contributed by atoms with van der Waals surface area (Å²) < 4.78 is 0. The highest BCUT2D eigenvalue weighted by Gasteiger charge is 2.16. The molecule has 1 heterocycles. The van der Waals surface area contributed by atoms with Crippen LogP contribution in [0.15, 0.2) is 36.5 Å². The molecular formula is C19H24N4O2. The highest BCUT2D eigenvalue weighted by molar-refractivity contribution is 5.95. The van der Waals surface area contributed by atoms with Crippen LogP contribution in [0.4, 0.5) is 11.6 Å². The van der Waals surface area contributed by atoms with E-state index in [1.165, 1.54) is 6.92 Å². The SMILES string of the molecule is CCCN(CCC)C(=O)c1ccnc(Nc2cccc(C(C)=O)c2)n1. The van der Waals surface area contributed by atoms with E-state index in [0.29, 0.717) is 36.0 Å². The van der Waals surface area contributed by atoms with Crippen LogP contribution in [-0.4, -0.2) is 39.6 Å². The summed E-state index contributed by atoms with van der Waals surface area (Å²) in [6.07, 6.45) is 3.37. The zero-order valence-corrected chi connectivity index (χ0v) is 15.0. The molecule has 0 aliphatic rings. The van der Waals surface area contributed by atoms with Crippen LogP contribution < -0.4 is 5.32 Å². The number of hydrogen-bond acceptors (Lipinski definition) is 5. The van der Waals surface area contributed by atoms with E-state index < -0.39 is 0 Å². The summed E-state index contributed by atoms with van der Waals surface area (Å²) in [6.45, 7) is 7.03. The third kappa shape index (κ3) is 5.11. The van der Waals surface area contributed by atoms with Crippen molar-refractivity contribution in [1.29, 1.82) is 0 Å². The number of carbonyl (C=O) groups excluding carboxylic acids is 2. The van der Waals surface area contributed by atoms with Gasteiger partial charge in [-0.3, -0.25) is 9.59 Å². The van der Waals surface area contributed by atoms with Gasteiger partial charge >= 0.3 is 0 Å². The minimum Gasteiger partial charge on any atom is -0.337 e. The summed E-state index contributed by atoms with van der Waals surface area (Å²) in [7, 11) is 0. The van der Waals surface area contributed by atoms with Crippen molar-refractivity contribution in [2.75, 3.05) is 18.4 Å². The highest BCUT2D eigenvalue weighted by Crippen LogP contribution is 2.16. The number of nitrogens with one attached hydrogen (secondary N) is 1. The summed E-state index contributed by atoms with van der Waals surface area (Å²) in [6, 6.07) is 8.73. The van der Waals surface area contributed by atoms with Gasteiger partial charge in [-0.2, -0.15) is 0 Å². The predicted molar refractivity (Wildman–Crippen MR) is 98.2 cm³/mol. The molecule has 0 radical (unpaired) electrons. The van der Waals surface area contributed by atoms with Gasteiger partial charge in [0, 0.05) is 30.5 Å². The number of rotatable bonds is 8. The van der Waals surface area contributed by atoms with Gasteiger partial charge in [0.2, 0.25) is 5.95 Å². The van der Waals surface area contributed by atoms with Gasteiger partial charge in [-0.05, 0) is 38.0 Å². The molecular weight excluding hydrogens is 316 g/mol. The first-order valence-corrected chi connectivity index (χ1v) is 8.55. The minimum absolute atomic E-state index is 0.0109. The van der Waals surface area contributed by atoms with Crippen LogP contribution in [0.5, 0.6) is 0 Å². The Morgan fingerprint density at radius 2 is 1.84 bits per heavy atom. The zero-order chi connectivity index (χ0) is 18.2. The lowest BCUT2D eigenvalue weighted by atomic mass is 10.1. The van der Waals surface area contributed by atoms with Crippen LogP contribution in [0.25, 0.3) is 0 Å². The average molecular weight is 340 g/mol. The van der Waals surface area contributed by atoms with E-state index in [2.05, 4.69) is 15.3 Å². The van der Waals surface area contributed by atoms with Crippen molar-refractivity contribution in [3.8, 4) is 0 Å². The van der Waals surface area contributed by atoms with E-state index in [-0.39, 0.29) is 11.7 Å². The van der Waals surface area contributed by atoms with Crippen LogP contribution in [-0.2, 0) is 0 Å².